The van der Waals surface area contributed by atoms with Crippen LogP contribution in [-0.2, 0) is 10.0 Å². The van der Waals surface area contributed by atoms with E-state index >= 15 is 0 Å². The molecule has 0 aliphatic heterocycles. The summed E-state index contributed by atoms with van der Waals surface area (Å²) in [5, 5.41) is 0. The number of rotatable bonds is 3. The van der Waals surface area contributed by atoms with E-state index in [1.807, 2.05) is 0 Å². The fourth-order valence-corrected chi connectivity index (χ4v) is 2.88. The molecule has 0 unspecified atom stereocenters. The van der Waals surface area contributed by atoms with Crippen molar-refractivity contribution in [1.82, 2.24) is 9.97 Å². The number of hydrogen-bond acceptors (Lipinski definition) is 4. The molecule has 0 saturated carbocycles. The number of sulfonamides is 1. The average molecular weight is 330 g/mol. The normalized spacial score (nSPS) is 11.2. The van der Waals surface area contributed by atoms with Crippen LogP contribution in [0.1, 0.15) is 0 Å². The van der Waals surface area contributed by atoms with Crippen LogP contribution in [0, 0.1) is 0 Å². The first-order valence-corrected chi connectivity index (χ1v) is 7.08. The lowest BCUT2D eigenvalue weighted by Crippen LogP contribution is -2.21. The van der Waals surface area contributed by atoms with E-state index in [9.17, 15) is 13.2 Å². The van der Waals surface area contributed by atoms with Crippen LogP contribution in [0.3, 0.4) is 0 Å². The van der Waals surface area contributed by atoms with Gasteiger partial charge in [-0.05, 0) is 22.0 Å². The molecule has 0 aliphatic rings. The van der Waals surface area contributed by atoms with Gasteiger partial charge in [0.15, 0.2) is 4.90 Å². The maximum absolute atomic E-state index is 12.0. The van der Waals surface area contributed by atoms with E-state index in [-0.39, 0.29) is 4.90 Å². The number of hydrogen-bond donors (Lipinski definition) is 2. The number of halogens is 1. The van der Waals surface area contributed by atoms with E-state index in [0.29, 0.717) is 10.2 Å². The molecule has 0 spiro atoms. The van der Waals surface area contributed by atoms with E-state index in [1.165, 1.54) is 24.7 Å². The van der Waals surface area contributed by atoms with Crippen LogP contribution < -0.4 is 10.2 Å². The number of aromatic nitrogens is 2. The van der Waals surface area contributed by atoms with Gasteiger partial charge in [0.2, 0.25) is 5.43 Å². The summed E-state index contributed by atoms with van der Waals surface area (Å²) in [6, 6.07) is 2.63. The highest BCUT2D eigenvalue weighted by Crippen LogP contribution is 2.22. The third kappa shape index (κ3) is 2.59. The molecule has 0 bridgehead atoms. The molecular formula is C10H8BrN3O3S. The lowest BCUT2D eigenvalue weighted by Gasteiger charge is -2.08. The van der Waals surface area contributed by atoms with Crippen molar-refractivity contribution in [3.63, 3.8) is 0 Å². The monoisotopic (exact) mass is 329 g/mol. The van der Waals surface area contributed by atoms with Crippen molar-refractivity contribution in [2.24, 2.45) is 0 Å². The Morgan fingerprint density at radius 1 is 1.33 bits per heavy atom. The SMILES string of the molecule is O=c1cc[nH]cc1S(=O)(=O)Nc1ccncc1Br. The van der Waals surface area contributed by atoms with Gasteiger partial charge in [0.1, 0.15) is 0 Å². The fraction of sp³-hybridized carbons (Fsp3) is 0. The predicted molar refractivity (Wildman–Crippen MR) is 69.8 cm³/mol. The number of nitrogens with one attached hydrogen (secondary N) is 2. The molecule has 94 valence electrons. The van der Waals surface area contributed by atoms with E-state index in [2.05, 4.69) is 30.6 Å². The van der Waals surface area contributed by atoms with Gasteiger partial charge in [-0.3, -0.25) is 14.5 Å². The van der Waals surface area contributed by atoms with Crippen LogP contribution in [0.25, 0.3) is 0 Å². The Morgan fingerprint density at radius 2 is 2.11 bits per heavy atom. The van der Waals surface area contributed by atoms with E-state index in [1.54, 1.807) is 0 Å². The molecule has 0 aliphatic carbocycles. The smallest absolute Gasteiger partial charge is 0.267 e. The van der Waals surface area contributed by atoms with Crippen molar-refractivity contribution in [2.75, 3.05) is 4.72 Å². The third-order valence-corrected chi connectivity index (χ3v) is 4.11. The molecule has 2 aromatic rings. The second-order valence-corrected chi connectivity index (χ2v) is 5.84. The van der Waals surface area contributed by atoms with E-state index in [0.717, 1.165) is 12.3 Å². The molecule has 2 rings (SSSR count). The first-order valence-electron chi connectivity index (χ1n) is 4.80. The van der Waals surface area contributed by atoms with E-state index in [4.69, 9.17) is 0 Å². The minimum absolute atomic E-state index is 0.313. The summed E-state index contributed by atoms with van der Waals surface area (Å²) < 4.78 is 26.8. The summed E-state index contributed by atoms with van der Waals surface area (Å²) in [4.78, 5) is 17.5. The standard InChI is InChI=1S/C10H8BrN3O3S/c11-7-5-12-3-1-8(7)14-18(16,17)10-6-13-4-2-9(10)15/h1-6H,(H,12,14)(H,13,15). The summed E-state index contributed by atoms with van der Waals surface area (Å²) in [6.07, 6.45) is 5.40. The van der Waals surface area contributed by atoms with Gasteiger partial charge >= 0.3 is 0 Å². The highest BCUT2D eigenvalue weighted by Gasteiger charge is 2.18. The Hall–Kier alpha value is -1.67. The summed E-state index contributed by atoms with van der Waals surface area (Å²) >= 11 is 3.16. The summed E-state index contributed by atoms with van der Waals surface area (Å²) in [7, 11) is -3.92. The van der Waals surface area contributed by atoms with Crippen LogP contribution in [0.4, 0.5) is 5.69 Å². The van der Waals surface area contributed by atoms with Gasteiger partial charge in [-0.25, -0.2) is 8.42 Å². The maximum atomic E-state index is 12.0. The zero-order valence-corrected chi connectivity index (χ0v) is 11.3. The zero-order chi connectivity index (χ0) is 13.2. The van der Waals surface area contributed by atoms with Crippen LogP contribution in [0.5, 0.6) is 0 Å². The van der Waals surface area contributed by atoms with Crippen LogP contribution in [0.2, 0.25) is 0 Å². The number of aromatic amines is 1. The molecule has 0 radical (unpaired) electrons. The van der Waals surface area contributed by atoms with Gasteiger partial charge in [-0.2, -0.15) is 0 Å². The Bertz CT molecular complexity index is 727. The maximum Gasteiger partial charge on any atom is 0.267 e. The van der Waals surface area contributed by atoms with Crippen molar-refractivity contribution in [3.8, 4) is 0 Å². The Morgan fingerprint density at radius 3 is 2.78 bits per heavy atom. The average Bonchev–Trinajstić information content (AvgIpc) is 2.32. The van der Waals surface area contributed by atoms with Crippen molar-refractivity contribution >= 4 is 31.6 Å². The third-order valence-electron chi connectivity index (χ3n) is 2.09. The molecule has 0 atom stereocenters. The molecule has 6 nitrogen and oxygen atoms in total. The first-order chi connectivity index (χ1) is 8.50. The van der Waals surface area contributed by atoms with Gasteiger partial charge in [0.05, 0.1) is 10.2 Å². The second-order valence-electron chi connectivity index (χ2n) is 3.33. The predicted octanol–water partition coefficient (Wildman–Crippen LogP) is 1.33. The molecule has 2 heterocycles. The minimum Gasteiger partial charge on any atom is -0.366 e. The Kier molecular flexibility index (Phi) is 3.48. The van der Waals surface area contributed by atoms with Gasteiger partial charge in [-0.1, -0.05) is 0 Å². The van der Waals surface area contributed by atoms with Crippen molar-refractivity contribution in [3.05, 3.63) is 51.6 Å². The molecule has 2 aromatic heterocycles. The molecule has 0 aromatic carbocycles. The number of anilines is 1. The Balaban J connectivity index is 2.43. The van der Waals surface area contributed by atoms with Gasteiger partial charge in [0.25, 0.3) is 10.0 Å². The van der Waals surface area contributed by atoms with Gasteiger partial charge < -0.3 is 4.98 Å². The second kappa shape index (κ2) is 4.91. The molecule has 0 saturated heterocycles. The fourth-order valence-electron chi connectivity index (χ4n) is 1.27. The van der Waals surface area contributed by atoms with Gasteiger partial charge in [-0.15, -0.1) is 0 Å². The molecule has 18 heavy (non-hydrogen) atoms. The Labute approximate surface area is 111 Å². The molecule has 2 N–H and O–H groups in total. The number of H-pyrrole nitrogens is 1. The highest BCUT2D eigenvalue weighted by atomic mass is 79.9. The van der Waals surface area contributed by atoms with Gasteiger partial charge in [0, 0.05) is 30.9 Å². The van der Waals surface area contributed by atoms with Crippen molar-refractivity contribution in [1.29, 1.82) is 0 Å². The summed E-state index contributed by atoms with van der Waals surface area (Å²) in [5.41, 5.74) is -0.264. The van der Waals surface area contributed by atoms with Crippen molar-refractivity contribution < 1.29 is 8.42 Å². The minimum atomic E-state index is -3.92. The topological polar surface area (TPSA) is 91.9 Å². The van der Waals surface area contributed by atoms with Crippen LogP contribution >= 0.6 is 15.9 Å². The number of nitrogens with zero attached hydrogens (tertiary/aromatic N) is 1. The highest BCUT2D eigenvalue weighted by molar-refractivity contribution is 9.10. The van der Waals surface area contributed by atoms with Crippen molar-refractivity contribution in [2.45, 2.75) is 4.90 Å². The summed E-state index contributed by atoms with van der Waals surface area (Å²) in [5.74, 6) is 0. The largest absolute Gasteiger partial charge is 0.366 e. The first kappa shape index (κ1) is 12.8. The zero-order valence-electron chi connectivity index (χ0n) is 8.92. The lowest BCUT2D eigenvalue weighted by atomic mass is 10.4. The van der Waals surface area contributed by atoms with Crippen LogP contribution in [0.15, 0.2) is 51.1 Å². The lowest BCUT2D eigenvalue weighted by molar-refractivity contribution is 0.600. The molecule has 0 fully saturated rings. The molecule has 0 amide bonds. The number of pyridine rings is 2. The molecular weight excluding hydrogens is 322 g/mol. The molecule has 8 heteroatoms. The van der Waals surface area contributed by atoms with E-state index < -0.39 is 15.5 Å². The summed E-state index contributed by atoms with van der Waals surface area (Å²) in [6.45, 7) is 0. The quantitative estimate of drug-likeness (QED) is 0.888. The van der Waals surface area contributed by atoms with Crippen LogP contribution in [-0.4, -0.2) is 18.4 Å².